The minimum absolute atomic E-state index is 0.00231. The van der Waals surface area contributed by atoms with Gasteiger partial charge in [-0.25, -0.2) is 0 Å². The average molecular weight is 136 g/mol. The van der Waals surface area contributed by atoms with Crippen molar-refractivity contribution in [2.45, 2.75) is 12.8 Å². The van der Waals surface area contributed by atoms with Gasteiger partial charge in [-0.15, -0.1) is 0 Å². The molecule has 2 aliphatic carbocycles. The van der Waals surface area contributed by atoms with Crippen LogP contribution in [0.4, 0.5) is 0 Å². The predicted molar refractivity (Wildman–Crippen MR) is 35.4 cm³/mol. The minimum atomic E-state index is -0.00231. The van der Waals surface area contributed by atoms with Gasteiger partial charge in [0, 0.05) is 12.3 Å². The quantitative estimate of drug-likeness (QED) is 0.498. The van der Waals surface area contributed by atoms with Crippen molar-refractivity contribution in [3.63, 3.8) is 0 Å². The van der Waals surface area contributed by atoms with Crippen molar-refractivity contribution in [2.24, 2.45) is 11.8 Å². The van der Waals surface area contributed by atoms with Crippen LogP contribution in [-0.2, 0) is 9.59 Å². The molecule has 0 aromatic heterocycles. The van der Waals surface area contributed by atoms with Gasteiger partial charge in [-0.2, -0.15) is 0 Å². The van der Waals surface area contributed by atoms with E-state index in [1.54, 1.807) is 0 Å². The van der Waals surface area contributed by atoms with Crippen LogP contribution in [0, 0.1) is 11.8 Å². The molecule has 0 heterocycles. The molecule has 2 nitrogen and oxygen atoms in total. The van der Waals surface area contributed by atoms with Crippen molar-refractivity contribution in [1.82, 2.24) is 0 Å². The smallest absolute Gasteiger partial charge is 0.146 e. The third-order valence-corrected chi connectivity index (χ3v) is 2.43. The third-order valence-electron chi connectivity index (χ3n) is 2.43. The molecular weight excluding hydrogens is 128 g/mol. The topological polar surface area (TPSA) is 34.1 Å². The fraction of sp³-hybridized carbons (Fsp3) is 0.500. The molecule has 0 aromatic carbocycles. The molecular formula is C8H8O2. The van der Waals surface area contributed by atoms with E-state index in [-0.39, 0.29) is 11.7 Å². The number of fused-ring (bicyclic) bond motifs is 1. The van der Waals surface area contributed by atoms with Crippen LogP contribution < -0.4 is 0 Å². The summed E-state index contributed by atoms with van der Waals surface area (Å²) in [5.74, 6) is 0.728. The van der Waals surface area contributed by atoms with Crippen molar-refractivity contribution in [1.29, 1.82) is 0 Å². The highest BCUT2D eigenvalue weighted by Gasteiger charge is 2.44. The fourth-order valence-corrected chi connectivity index (χ4v) is 1.82. The molecule has 2 aliphatic rings. The Morgan fingerprint density at radius 1 is 1.60 bits per heavy atom. The second kappa shape index (κ2) is 1.78. The lowest BCUT2D eigenvalue weighted by Gasteiger charge is -2.29. The van der Waals surface area contributed by atoms with Crippen molar-refractivity contribution in [2.75, 3.05) is 0 Å². The lowest BCUT2D eigenvalue weighted by molar-refractivity contribution is -0.132. The normalized spacial score (nSPS) is 36.4. The molecule has 0 unspecified atom stereocenters. The second-order valence-corrected chi connectivity index (χ2v) is 2.97. The maximum absolute atomic E-state index is 10.9. The largest absolute Gasteiger partial charge is 0.299 e. The van der Waals surface area contributed by atoms with E-state index in [4.69, 9.17) is 0 Å². The van der Waals surface area contributed by atoms with E-state index in [9.17, 15) is 9.59 Å². The molecule has 0 saturated heterocycles. The van der Waals surface area contributed by atoms with Crippen LogP contribution >= 0.6 is 0 Å². The van der Waals surface area contributed by atoms with Crippen LogP contribution in [0.25, 0.3) is 0 Å². The molecule has 1 fully saturated rings. The van der Waals surface area contributed by atoms with Gasteiger partial charge in [0.1, 0.15) is 12.1 Å². The van der Waals surface area contributed by atoms with Crippen molar-refractivity contribution < 1.29 is 9.59 Å². The SMILES string of the molecule is O=CC1=CC[C@@H]2CC(=O)[C@H]12. The Balaban J connectivity index is 2.24. The van der Waals surface area contributed by atoms with Gasteiger partial charge in [0.05, 0.1) is 0 Å². The Kier molecular flexibility index (Phi) is 1.04. The molecule has 0 radical (unpaired) electrons. The van der Waals surface area contributed by atoms with Gasteiger partial charge < -0.3 is 0 Å². The zero-order chi connectivity index (χ0) is 7.14. The van der Waals surface area contributed by atoms with E-state index in [1.807, 2.05) is 6.08 Å². The van der Waals surface area contributed by atoms with Crippen LogP contribution in [0.1, 0.15) is 12.8 Å². The summed E-state index contributed by atoms with van der Waals surface area (Å²) in [6.07, 6.45) is 4.35. The lowest BCUT2D eigenvalue weighted by Crippen LogP contribution is -2.35. The zero-order valence-electron chi connectivity index (χ0n) is 5.54. The van der Waals surface area contributed by atoms with Gasteiger partial charge in [-0.1, -0.05) is 6.08 Å². The molecule has 52 valence electrons. The maximum atomic E-state index is 10.9. The Bertz CT molecular complexity index is 227. The summed E-state index contributed by atoms with van der Waals surface area (Å²) >= 11 is 0. The Hall–Kier alpha value is -0.920. The maximum Gasteiger partial charge on any atom is 0.146 e. The summed E-state index contributed by atoms with van der Waals surface area (Å²) < 4.78 is 0. The van der Waals surface area contributed by atoms with E-state index < -0.39 is 0 Å². The molecule has 0 bridgehead atoms. The molecule has 0 N–H and O–H groups in total. The highest BCUT2D eigenvalue weighted by Crippen LogP contribution is 2.43. The van der Waals surface area contributed by atoms with E-state index >= 15 is 0 Å². The fourth-order valence-electron chi connectivity index (χ4n) is 1.82. The van der Waals surface area contributed by atoms with Gasteiger partial charge in [0.15, 0.2) is 0 Å². The molecule has 0 aromatic rings. The second-order valence-electron chi connectivity index (χ2n) is 2.97. The number of rotatable bonds is 1. The summed E-state index contributed by atoms with van der Waals surface area (Å²) in [4.78, 5) is 21.2. The van der Waals surface area contributed by atoms with Crippen molar-refractivity contribution in [3.05, 3.63) is 11.6 Å². The zero-order valence-corrected chi connectivity index (χ0v) is 5.54. The summed E-state index contributed by atoms with van der Waals surface area (Å²) in [6.45, 7) is 0. The first-order valence-corrected chi connectivity index (χ1v) is 3.51. The molecule has 2 rings (SSSR count). The monoisotopic (exact) mass is 136 g/mol. The van der Waals surface area contributed by atoms with Crippen LogP contribution in [0.3, 0.4) is 0 Å². The van der Waals surface area contributed by atoms with Gasteiger partial charge in [-0.05, 0) is 17.9 Å². The predicted octanol–water partition coefficient (Wildman–Crippen LogP) is 0.721. The van der Waals surface area contributed by atoms with Crippen LogP contribution in [-0.4, -0.2) is 12.1 Å². The van der Waals surface area contributed by atoms with Crippen molar-refractivity contribution in [3.8, 4) is 0 Å². The number of hydrogen-bond acceptors (Lipinski definition) is 2. The number of carbonyl (C=O) groups is 2. The van der Waals surface area contributed by atoms with Crippen LogP contribution in [0.15, 0.2) is 11.6 Å². The van der Waals surface area contributed by atoms with Gasteiger partial charge in [0.2, 0.25) is 0 Å². The van der Waals surface area contributed by atoms with Crippen molar-refractivity contribution >= 4 is 12.1 Å². The first-order chi connectivity index (χ1) is 4.83. The standard InChI is InChI=1S/C8H8O2/c9-4-6-2-1-5-3-7(10)8(5)6/h2,4-5,8H,1,3H2/t5-,8+/m1/s1. The van der Waals surface area contributed by atoms with Gasteiger partial charge in [0.25, 0.3) is 0 Å². The summed E-state index contributed by atoms with van der Waals surface area (Å²) in [7, 11) is 0. The molecule has 2 atom stereocenters. The average Bonchev–Trinajstić information content (AvgIpc) is 2.25. The molecule has 2 heteroatoms. The van der Waals surface area contributed by atoms with Gasteiger partial charge in [-0.3, -0.25) is 9.59 Å². The third kappa shape index (κ3) is 0.537. The molecule has 0 spiro atoms. The number of Topliss-reactive ketones (excluding diaryl/α,β-unsaturated/α-hetero) is 1. The first-order valence-electron chi connectivity index (χ1n) is 3.51. The highest BCUT2D eigenvalue weighted by molar-refractivity contribution is 5.97. The van der Waals surface area contributed by atoms with E-state index in [0.29, 0.717) is 12.3 Å². The number of aldehydes is 1. The number of hydrogen-bond donors (Lipinski definition) is 0. The van der Waals surface area contributed by atoms with E-state index in [0.717, 1.165) is 18.3 Å². The summed E-state index contributed by atoms with van der Waals surface area (Å²) in [5.41, 5.74) is 0.723. The molecule has 0 aliphatic heterocycles. The summed E-state index contributed by atoms with van der Waals surface area (Å²) in [5, 5.41) is 0. The Labute approximate surface area is 58.9 Å². The lowest BCUT2D eigenvalue weighted by atomic mass is 9.72. The minimum Gasteiger partial charge on any atom is -0.299 e. The molecule has 0 amide bonds. The van der Waals surface area contributed by atoms with Gasteiger partial charge >= 0.3 is 0 Å². The number of allylic oxidation sites excluding steroid dienone is 2. The molecule has 10 heavy (non-hydrogen) atoms. The van der Waals surface area contributed by atoms with Crippen LogP contribution in [0.5, 0.6) is 0 Å². The van der Waals surface area contributed by atoms with E-state index in [2.05, 4.69) is 0 Å². The van der Waals surface area contributed by atoms with Crippen LogP contribution in [0.2, 0.25) is 0 Å². The summed E-state index contributed by atoms with van der Waals surface area (Å²) in [6, 6.07) is 0. The molecule has 1 saturated carbocycles. The highest BCUT2D eigenvalue weighted by atomic mass is 16.1. The number of carbonyl (C=O) groups excluding carboxylic acids is 2. The first kappa shape index (κ1) is 5.83. The Morgan fingerprint density at radius 3 is 2.90 bits per heavy atom. The van der Waals surface area contributed by atoms with E-state index in [1.165, 1.54) is 0 Å². The number of ketones is 1. The Morgan fingerprint density at radius 2 is 2.40 bits per heavy atom.